The number of thiazole rings is 1. The minimum atomic E-state index is -3.78. The van der Waals surface area contributed by atoms with E-state index in [9.17, 15) is 13.2 Å². The van der Waals surface area contributed by atoms with Gasteiger partial charge in [-0.25, -0.2) is 8.42 Å². The first-order valence-corrected chi connectivity index (χ1v) is 12.7. The number of amides is 1. The molecule has 1 saturated heterocycles. The molecule has 2 aromatic carbocycles. The number of aryl methyl sites for hydroxylation is 3. The van der Waals surface area contributed by atoms with Gasteiger partial charge >= 0.3 is 0 Å². The molecule has 1 aromatic heterocycles. The van der Waals surface area contributed by atoms with Crippen LogP contribution in [0.1, 0.15) is 29.5 Å². The molecule has 166 valence electrons. The molecule has 1 unspecified atom stereocenters. The smallest absolute Gasteiger partial charge is 0.266 e. The Morgan fingerprint density at radius 1 is 1.19 bits per heavy atom. The van der Waals surface area contributed by atoms with E-state index in [0.29, 0.717) is 24.2 Å². The first-order valence-electron chi connectivity index (χ1n) is 10.4. The fourth-order valence-electron chi connectivity index (χ4n) is 3.94. The minimum Gasteiger partial charge on any atom is -0.305 e. The van der Waals surface area contributed by atoms with Crippen molar-refractivity contribution in [3.05, 3.63) is 57.9 Å². The molecule has 2 heterocycles. The molecule has 1 fully saturated rings. The Balaban J connectivity index is 1.74. The summed E-state index contributed by atoms with van der Waals surface area (Å²) in [5, 5.41) is 0. The number of nitrogens with zero attached hydrogens (tertiary/aromatic N) is 3. The molecule has 1 aliphatic rings. The summed E-state index contributed by atoms with van der Waals surface area (Å²) in [5.74, 6) is 2.18. The molecule has 0 spiro atoms. The van der Waals surface area contributed by atoms with Crippen LogP contribution in [0.3, 0.4) is 0 Å². The van der Waals surface area contributed by atoms with E-state index in [1.54, 1.807) is 24.3 Å². The number of benzene rings is 2. The van der Waals surface area contributed by atoms with Gasteiger partial charge in [-0.2, -0.15) is 9.30 Å². The second-order valence-corrected chi connectivity index (χ2v) is 11.0. The number of sulfonamides is 1. The molecule has 3 aromatic rings. The molecule has 0 radical (unpaired) electrons. The van der Waals surface area contributed by atoms with Gasteiger partial charge in [0.2, 0.25) is 10.0 Å². The van der Waals surface area contributed by atoms with E-state index in [1.807, 2.05) is 31.4 Å². The number of aromatic nitrogens is 1. The number of carbonyl (C=O) groups excluding carboxylic acids is 1. The molecule has 1 atom stereocenters. The molecule has 8 heteroatoms. The molecular weight excluding hydrogens is 442 g/mol. The van der Waals surface area contributed by atoms with E-state index in [-0.39, 0.29) is 11.4 Å². The normalized spacial score (nSPS) is 17.7. The van der Waals surface area contributed by atoms with Gasteiger partial charge in [0.1, 0.15) is 6.04 Å². The van der Waals surface area contributed by atoms with Gasteiger partial charge in [0.25, 0.3) is 5.91 Å². The topological polar surface area (TPSA) is 71.7 Å². The minimum absolute atomic E-state index is 0.193. The maximum atomic E-state index is 13.2. The molecular formula is C24H25N3O3S2. The van der Waals surface area contributed by atoms with Crippen LogP contribution in [0.25, 0.3) is 10.2 Å². The van der Waals surface area contributed by atoms with Crippen molar-refractivity contribution in [1.29, 1.82) is 0 Å². The number of hydrogen-bond acceptors (Lipinski definition) is 4. The lowest BCUT2D eigenvalue weighted by Gasteiger charge is -2.21. The van der Waals surface area contributed by atoms with Crippen LogP contribution in [-0.4, -0.2) is 35.8 Å². The molecule has 1 amide bonds. The summed E-state index contributed by atoms with van der Waals surface area (Å²) in [7, 11) is -3.78. The Bertz CT molecular complexity index is 1410. The molecule has 0 saturated carbocycles. The highest BCUT2D eigenvalue weighted by atomic mass is 32.2. The van der Waals surface area contributed by atoms with Gasteiger partial charge in [0.05, 0.1) is 21.7 Å². The van der Waals surface area contributed by atoms with E-state index in [0.717, 1.165) is 26.9 Å². The summed E-state index contributed by atoms with van der Waals surface area (Å²) in [6, 6.07) is 9.98. The fraction of sp³-hybridized carbons (Fsp3) is 0.333. The molecule has 0 N–H and O–H groups in total. The molecule has 32 heavy (non-hydrogen) atoms. The predicted molar refractivity (Wildman–Crippen MR) is 127 cm³/mol. The van der Waals surface area contributed by atoms with Crippen molar-refractivity contribution < 1.29 is 13.2 Å². The number of rotatable bonds is 4. The average Bonchev–Trinajstić information content (AvgIpc) is 3.36. The predicted octanol–water partition coefficient (Wildman–Crippen LogP) is 3.54. The molecule has 1 aliphatic heterocycles. The van der Waals surface area contributed by atoms with Crippen LogP contribution in [-0.2, 0) is 21.4 Å². The van der Waals surface area contributed by atoms with Gasteiger partial charge in [-0.15, -0.1) is 6.42 Å². The van der Waals surface area contributed by atoms with Gasteiger partial charge in [0, 0.05) is 6.54 Å². The molecule has 4 rings (SSSR count). The number of fused-ring (bicyclic) bond motifs is 1. The maximum absolute atomic E-state index is 13.2. The molecule has 6 nitrogen and oxygen atoms in total. The highest BCUT2D eigenvalue weighted by Crippen LogP contribution is 2.27. The second-order valence-electron chi connectivity index (χ2n) is 8.12. The SMILES string of the molecule is C#CCn1c(=NC(=O)C2CCCN2S(=O)(=O)c2ccc(C)cc2)sc2cc(C)c(C)cc21. The summed E-state index contributed by atoms with van der Waals surface area (Å²) in [4.78, 5) is 18.2. The zero-order valence-corrected chi connectivity index (χ0v) is 20.0. The number of carbonyl (C=O) groups is 1. The highest BCUT2D eigenvalue weighted by molar-refractivity contribution is 7.89. The van der Waals surface area contributed by atoms with Crippen LogP contribution in [0, 0.1) is 33.1 Å². The Morgan fingerprint density at radius 3 is 2.56 bits per heavy atom. The van der Waals surface area contributed by atoms with E-state index < -0.39 is 22.0 Å². The lowest BCUT2D eigenvalue weighted by molar-refractivity contribution is -0.121. The summed E-state index contributed by atoms with van der Waals surface area (Å²) >= 11 is 1.39. The molecule has 0 aliphatic carbocycles. The first kappa shape index (κ1) is 22.5. The van der Waals surface area contributed by atoms with E-state index in [4.69, 9.17) is 6.42 Å². The zero-order valence-electron chi connectivity index (χ0n) is 18.3. The standard InChI is InChI=1S/C24H25N3O3S2/c1-5-12-26-21-14-17(3)18(4)15-22(21)31-24(26)25-23(28)20-7-6-13-27(20)32(29,30)19-10-8-16(2)9-11-19/h1,8-11,14-15,20H,6-7,12-13H2,2-4H3. The third-order valence-corrected chi connectivity index (χ3v) is 8.83. The Kier molecular flexibility index (Phi) is 6.08. The van der Waals surface area contributed by atoms with Gasteiger partial charge in [-0.3, -0.25) is 4.79 Å². The first-order chi connectivity index (χ1) is 15.2. The van der Waals surface area contributed by atoms with Crippen molar-refractivity contribution in [1.82, 2.24) is 8.87 Å². The lowest BCUT2D eigenvalue weighted by atomic mass is 10.1. The van der Waals surface area contributed by atoms with E-state index in [1.165, 1.54) is 15.6 Å². The maximum Gasteiger partial charge on any atom is 0.266 e. The fourth-order valence-corrected chi connectivity index (χ4v) is 6.71. The summed E-state index contributed by atoms with van der Waals surface area (Å²) in [6.07, 6.45) is 6.64. The van der Waals surface area contributed by atoms with Crippen LogP contribution in [0.5, 0.6) is 0 Å². The quantitative estimate of drug-likeness (QED) is 0.551. The van der Waals surface area contributed by atoms with E-state index >= 15 is 0 Å². The Hall–Kier alpha value is -2.73. The molecule has 0 bridgehead atoms. The van der Waals surface area contributed by atoms with Crippen molar-refractivity contribution in [3.8, 4) is 12.3 Å². The largest absolute Gasteiger partial charge is 0.305 e. The number of hydrogen-bond donors (Lipinski definition) is 0. The van der Waals surface area contributed by atoms with Crippen LogP contribution in [0.4, 0.5) is 0 Å². The van der Waals surface area contributed by atoms with Gasteiger partial charge in [0.15, 0.2) is 4.80 Å². The van der Waals surface area contributed by atoms with Crippen molar-refractivity contribution in [3.63, 3.8) is 0 Å². The third kappa shape index (κ3) is 4.04. The Morgan fingerprint density at radius 2 is 1.88 bits per heavy atom. The summed E-state index contributed by atoms with van der Waals surface area (Å²) in [5.41, 5.74) is 4.18. The van der Waals surface area contributed by atoms with Crippen LogP contribution in [0.2, 0.25) is 0 Å². The van der Waals surface area contributed by atoms with Gasteiger partial charge in [-0.05, 0) is 69.0 Å². The van der Waals surface area contributed by atoms with E-state index in [2.05, 4.69) is 17.0 Å². The monoisotopic (exact) mass is 467 g/mol. The highest BCUT2D eigenvalue weighted by Gasteiger charge is 2.39. The van der Waals surface area contributed by atoms with Crippen molar-refractivity contribution >= 4 is 37.5 Å². The van der Waals surface area contributed by atoms with Gasteiger partial charge in [-0.1, -0.05) is 35.0 Å². The zero-order chi connectivity index (χ0) is 23.0. The average molecular weight is 468 g/mol. The Labute approximate surface area is 192 Å². The van der Waals surface area contributed by atoms with Gasteiger partial charge < -0.3 is 4.57 Å². The summed E-state index contributed by atoms with van der Waals surface area (Å²) in [6.45, 7) is 6.55. The second kappa shape index (κ2) is 8.66. The van der Waals surface area contributed by atoms with Crippen LogP contribution in [0.15, 0.2) is 46.3 Å². The summed E-state index contributed by atoms with van der Waals surface area (Å²) < 4.78 is 30.5. The van der Waals surface area contributed by atoms with Crippen LogP contribution >= 0.6 is 11.3 Å². The lowest BCUT2D eigenvalue weighted by Crippen LogP contribution is -2.40. The third-order valence-electron chi connectivity index (χ3n) is 5.87. The van der Waals surface area contributed by atoms with Crippen molar-refractivity contribution in [2.75, 3.05) is 6.54 Å². The van der Waals surface area contributed by atoms with Crippen molar-refractivity contribution in [2.45, 2.75) is 51.1 Å². The van der Waals surface area contributed by atoms with Crippen LogP contribution < -0.4 is 4.80 Å². The van der Waals surface area contributed by atoms with Crippen molar-refractivity contribution in [2.24, 2.45) is 4.99 Å². The number of terminal acetylenes is 1.